The molecule has 0 heterocycles. The van der Waals surface area contributed by atoms with Gasteiger partial charge in [-0.15, -0.1) is 0 Å². The highest BCUT2D eigenvalue weighted by Gasteiger charge is 2.05. The maximum atomic E-state index is 10.7. The van der Waals surface area contributed by atoms with E-state index >= 15 is 0 Å². The summed E-state index contributed by atoms with van der Waals surface area (Å²) >= 11 is 0. The van der Waals surface area contributed by atoms with Gasteiger partial charge in [-0.1, -0.05) is 57.1 Å². The molecule has 0 aliphatic rings. The summed E-state index contributed by atoms with van der Waals surface area (Å²) in [5, 5.41) is 0. The van der Waals surface area contributed by atoms with Crippen molar-refractivity contribution in [2.75, 3.05) is 0 Å². The van der Waals surface area contributed by atoms with Crippen LogP contribution in [0.25, 0.3) is 0 Å². The van der Waals surface area contributed by atoms with Gasteiger partial charge in [0, 0.05) is 6.42 Å². The molecule has 100 valence electrons. The third kappa shape index (κ3) is 15.6. The number of allylic oxidation sites excluding steroid dienone is 1. The smallest absolute Gasteiger partial charge is 0.129 e. The van der Waals surface area contributed by atoms with Gasteiger partial charge in [0.15, 0.2) is 0 Å². The van der Waals surface area contributed by atoms with E-state index in [0.29, 0.717) is 5.78 Å². The number of hydrogen-bond donors (Lipinski definition) is 0. The van der Waals surface area contributed by atoms with Crippen LogP contribution in [0.15, 0.2) is 11.8 Å². The second-order valence-corrected chi connectivity index (χ2v) is 11.2. The Morgan fingerprint density at radius 1 is 0.941 bits per heavy atom. The van der Waals surface area contributed by atoms with Crippen molar-refractivity contribution >= 4 is 13.9 Å². The van der Waals surface area contributed by atoms with Crippen LogP contribution in [0.1, 0.15) is 58.3 Å². The van der Waals surface area contributed by atoms with Gasteiger partial charge >= 0.3 is 0 Å². The van der Waals surface area contributed by atoms with Gasteiger partial charge < -0.3 is 4.79 Å². The summed E-state index contributed by atoms with van der Waals surface area (Å²) in [6, 6.07) is 0. The Labute approximate surface area is 109 Å². The molecule has 0 bridgehead atoms. The van der Waals surface area contributed by atoms with E-state index in [1.807, 2.05) is 0 Å². The Kier molecular flexibility index (Phi) is 9.42. The van der Waals surface area contributed by atoms with Gasteiger partial charge in [-0.05, 0) is 26.2 Å². The third-order valence-corrected chi connectivity index (χ3v) is 4.00. The summed E-state index contributed by atoms with van der Waals surface area (Å²) in [6.45, 7) is 8.81. The van der Waals surface area contributed by atoms with Crippen molar-refractivity contribution < 1.29 is 4.79 Å². The summed E-state index contributed by atoms with van der Waals surface area (Å²) in [5.74, 6) is 0.335. The highest BCUT2D eigenvalue weighted by molar-refractivity contribution is 6.80. The van der Waals surface area contributed by atoms with Crippen LogP contribution in [0.2, 0.25) is 19.6 Å². The fourth-order valence-corrected chi connectivity index (χ4v) is 2.65. The predicted octanol–water partition coefficient (Wildman–Crippen LogP) is 5.13. The van der Waals surface area contributed by atoms with Crippen molar-refractivity contribution in [1.82, 2.24) is 0 Å². The standard InChI is InChI=1S/C15H30OSi/c1-15(16)13-11-9-7-5-6-8-10-12-14-17(2,3)4/h12,14H,5-11,13H2,1-4H3. The minimum Gasteiger partial charge on any atom is -0.300 e. The molecule has 0 aliphatic heterocycles. The first kappa shape index (κ1) is 16.6. The molecule has 0 rings (SSSR count). The normalized spacial score (nSPS) is 12.2. The summed E-state index contributed by atoms with van der Waals surface area (Å²) < 4.78 is 0. The first-order valence-corrected chi connectivity index (χ1v) is 10.7. The minimum atomic E-state index is -0.967. The van der Waals surface area contributed by atoms with E-state index < -0.39 is 8.07 Å². The molecule has 17 heavy (non-hydrogen) atoms. The molecule has 0 aromatic rings. The molecule has 0 N–H and O–H groups in total. The van der Waals surface area contributed by atoms with Crippen LogP contribution in [-0.4, -0.2) is 13.9 Å². The van der Waals surface area contributed by atoms with Crippen molar-refractivity contribution in [1.29, 1.82) is 0 Å². The van der Waals surface area contributed by atoms with Crippen LogP contribution >= 0.6 is 0 Å². The number of carbonyl (C=O) groups is 1. The lowest BCUT2D eigenvalue weighted by molar-refractivity contribution is -0.117. The molecule has 0 amide bonds. The van der Waals surface area contributed by atoms with Gasteiger partial charge in [0.05, 0.1) is 8.07 Å². The van der Waals surface area contributed by atoms with E-state index in [-0.39, 0.29) is 0 Å². The Balaban J connectivity index is 3.19. The summed E-state index contributed by atoms with van der Waals surface area (Å²) in [4.78, 5) is 10.7. The Morgan fingerprint density at radius 2 is 1.47 bits per heavy atom. The zero-order valence-electron chi connectivity index (χ0n) is 12.2. The first-order valence-electron chi connectivity index (χ1n) is 7.09. The maximum Gasteiger partial charge on any atom is 0.129 e. The molecule has 0 saturated carbocycles. The fraction of sp³-hybridized carbons (Fsp3) is 0.800. The van der Waals surface area contributed by atoms with E-state index in [1.165, 1.54) is 38.5 Å². The first-order chi connectivity index (χ1) is 7.92. The van der Waals surface area contributed by atoms with Gasteiger partial charge in [-0.2, -0.15) is 0 Å². The maximum absolute atomic E-state index is 10.7. The number of unbranched alkanes of at least 4 members (excludes halogenated alkanes) is 6. The molecule has 0 fully saturated rings. The van der Waals surface area contributed by atoms with Crippen molar-refractivity contribution in [2.45, 2.75) is 77.9 Å². The van der Waals surface area contributed by atoms with Gasteiger partial charge in [0.2, 0.25) is 0 Å². The van der Waals surface area contributed by atoms with E-state index in [0.717, 1.165) is 12.8 Å². The highest BCUT2D eigenvalue weighted by Crippen LogP contribution is 2.10. The number of Topliss-reactive ketones (excluding diaryl/α,β-unsaturated/α-hetero) is 1. The highest BCUT2D eigenvalue weighted by atomic mass is 28.3. The average molecular weight is 254 g/mol. The van der Waals surface area contributed by atoms with Gasteiger partial charge in [0.1, 0.15) is 5.78 Å². The molecule has 0 spiro atoms. The Bertz CT molecular complexity index is 226. The number of ketones is 1. The molecular weight excluding hydrogens is 224 g/mol. The number of rotatable bonds is 10. The van der Waals surface area contributed by atoms with E-state index in [2.05, 4.69) is 31.4 Å². The molecule has 0 aromatic heterocycles. The van der Waals surface area contributed by atoms with Crippen LogP contribution in [-0.2, 0) is 4.79 Å². The Hall–Kier alpha value is -0.373. The average Bonchev–Trinajstić information content (AvgIpc) is 2.18. The minimum absolute atomic E-state index is 0.335. The second-order valence-electron chi connectivity index (χ2n) is 6.13. The van der Waals surface area contributed by atoms with E-state index in [1.54, 1.807) is 6.92 Å². The van der Waals surface area contributed by atoms with Crippen LogP contribution in [0.4, 0.5) is 0 Å². The lowest BCUT2D eigenvalue weighted by Gasteiger charge is -2.07. The summed E-state index contributed by atoms with van der Waals surface area (Å²) in [7, 11) is -0.967. The summed E-state index contributed by atoms with van der Waals surface area (Å²) in [5.41, 5.74) is 2.44. The largest absolute Gasteiger partial charge is 0.300 e. The number of carbonyl (C=O) groups excluding carboxylic acids is 1. The molecule has 0 radical (unpaired) electrons. The van der Waals surface area contributed by atoms with E-state index in [4.69, 9.17) is 0 Å². The van der Waals surface area contributed by atoms with Crippen LogP contribution in [0.3, 0.4) is 0 Å². The predicted molar refractivity (Wildman–Crippen MR) is 80.1 cm³/mol. The number of hydrogen-bond acceptors (Lipinski definition) is 1. The molecule has 1 nitrogen and oxygen atoms in total. The third-order valence-electron chi connectivity index (χ3n) is 2.77. The molecule has 0 aliphatic carbocycles. The van der Waals surface area contributed by atoms with Crippen LogP contribution in [0, 0.1) is 0 Å². The monoisotopic (exact) mass is 254 g/mol. The van der Waals surface area contributed by atoms with Crippen molar-refractivity contribution in [3.8, 4) is 0 Å². The lowest BCUT2D eigenvalue weighted by Crippen LogP contribution is -2.15. The quantitative estimate of drug-likeness (QED) is 0.390. The van der Waals surface area contributed by atoms with Gasteiger partial charge in [-0.25, -0.2) is 0 Å². The van der Waals surface area contributed by atoms with Crippen molar-refractivity contribution in [3.63, 3.8) is 0 Å². The second kappa shape index (κ2) is 9.64. The molecule has 0 saturated heterocycles. The zero-order valence-corrected chi connectivity index (χ0v) is 13.2. The SMILES string of the molecule is CC(=O)CCCCCCCCC=C[Si](C)(C)C. The van der Waals surface area contributed by atoms with Crippen LogP contribution in [0.5, 0.6) is 0 Å². The summed E-state index contributed by atoms with van der Waals surface area (Å²) in [6.07, 6.45) is 12.0. The van der Waals surface area contributed by atoms with Gasteiger partial charge in [-0.3, -0.25) is 0 Å². The van der Waals surface area contributed by atoms with Crippen molar-refractivity contribution in [3.05, 3.63) is 11.8 Å². The molecule has 0 unspecified atom stereocenters. The molecule has 0 aromatic carbocycles. The van der Waals surface area contributed by atoms with E-state index in [9.17, 15) is 4.79 Å². The molecule has 0 atom stereocenters. The molecule has 2 heteroatoms. The topological polar surface area (TPSA) is 17.1 Å². The molecular formula is C15H30OSi. The fourth-order valence-electron chi connectivity index (χ4n) is 1.78. The lowest BCUT2D eigenvalue weighted by atomic mass is 10.1. The Morgan fingerprint density at radius 3 is 2.00 bits per heavy atom. The van der Waals surface area contributed by atoms with Crippen LogP contribution < -0.4 is 0 Å². The van der Waals surface area contributed by atoms with Gasteiger partial charge in [0.25, 0.3) is 0 Å². The van der Waals surface area contributed by atoms with Crippen molar-refractivity contribution in [2.24, 2.45) is 0 Å². The zero-order chi connectivity index (χ0) is 13.1.